The molecule has 1 atom stereocenters. The first-order valence-electron chi connectivity index (χ1n) is 5.86. The minimum Gasteiger partial charge on any atom is -0.481 e. The van der Waals surface area contributed by atoms with E-state index in [2.05, 4.69) is 15.3 Å². The molecule has 0 aliphatic rings. The highest BCUT2D eigenvalue weighted by Crippen LogP contribution is 2.15. The number of nitrogens with one attached hydrogen (secondary N) is 1. The number of anilines is 1. The lowest BCUT2D eigenvalue weighted by Crippen LogP contribution is -2.32. The molecule has 0 spiro atoms. The van der Waals surface area contributed by atoms with Crippen LogP contribution in [0.4, 0.5) is 5.82 Å². The lowest BCUT2D eigenvalue weighted by atomic mass is 10.2. The normalized spacial score (nSPS) is 12.2. The van der Waals surface area contributed by atoms with Gasteiger partial charge in [-0.2, -0.15) is 0 Å². The zero-order valence-electron chi connectivity index (χ0n) is 11.0. The molecule has 0 saturated carbocycles. The van der Waals surface area contributed by atoms with Gasteiger partial charge in [-0.25, -0.2) is 14.8 Å². The van der Waals surface area contributed by atoms with Crippen LogP contribution < -0.4 is 5.32 Å². The Labute approximate surface area is 110 Å². The first-order valence-corrected chi connectivity index (χ1v) is 5.86. The minimum absolute atomic E-state index is 0.100. The smallest absolute Gasteiger partial charge is 0.326 e. The molecule has 0 aromatic carbocycles. The lowest BCUT2D eigenvalue weighted by Gasteiger charge is -2.15. The Morgan fingerprint density at radius 3 is 2.42 bits per heavy atom. The maximum Gasteiger partial charge on any atom is 0.326 e. The first-order chi connectivity index (χ1) is 8.79. The predicted molar refractivity (Wildman–Crippen MR) is 68.2 cm³/mol. The van der Waals surface area contributed by atoms with Crippen molar-refractivity contribution in [3.05, 3.63) is 17.6 Å². The van der Waals surface area contributed by atoms with Crippen molar-refractivity contribution < 1.29 is 19.8 Å². The van der Waals surface area contributed by atoms with Crippen LogP contribution >= 0.6 is 0 Å². The minimum atomic E-state index is -1.23. The average molecular weight is 267 g/mol. The molecule has 0 aliphatic heterocycles. The quantitative estimate of drug-likeness (QED) is 0.710. The number of aliphatic carboxylic acids is 2. The summed E-state index contributed by atoms with van der Waals surface area (Å²) in [5.74, 6) is -1.41. The summed E-state index contributed by atoms with van der Waals surface area (Å²) in [5.41, 5.74) is 0.695. The van der Waals surface area contributed by atoms with Crippen LogP contribution in [0, 0.1) is 6.92 Å². The molecular weight excluding hydrogens is 250 g/mol. The number of hydrogen-bond donors (Lipinski definition) is 3. The maximum absolute atomic E-state index is 11.0. The Kier molecular flexibility index (Phi) is 4.80. The first kappa shape index (κ1) is 14.9. The summed E-state index contributed by atoms with van der Waals surface area (Å²) in [7, 11) is 0. The SMILES string of the molecule is Cc1cc(NC(CC(=O)O)C(=O)O)nc(C(C)C)n1. The fraction of sp³-hybridized carbons (Fsp3) is 0.500. The largest absolute Gasteiger partial charge is 0.481 e. The van der Waals surface area contributed by atoms with E-state index in [4.69, 9.17) is 10.2 Å². The topological polar surface area (TPSA) is 112 Å². The van der Waals surface area contributed by atoms with Gasteiger partial charge >= 0.3 is 11.9 Å². The molecule has 7 nitrogen and oxygen atoms in total. The summed E-state index contributed by atoms with van der Waals surface area (Å²) < 4.78 is 0. The molecule has 0 amide bonds. The van der Waals surface area contributed by atoms with Gasteiger partial charge in [-0.3, -0.25) is 4.79 Å². The molecule has 1 unspecified atom stereocenters. The highest BCUT2D eigenvalue weighted by atomic mass is 16.4. The molecule has 0 radical (unpaired) electrons. The summed E-state index contributed by atoms with van der Waals surface area (Å²) in [5, 5.41) is 20.2. The Morgan fingerprint density at radius 2 is 1.95 bits per heavy atom. The number of aryl methyl sites for hydroxylation is 1. The van der Waals surface area contributed by atoms with Crippen LogP contribution in [0.5, 0.6) is 0 Å². The Morgan fingerprint density at radius 1 is 1.32 bits per heavy atom. The number of nitrogens with zero attached hydrogens (tertiary/aromatic N) is 2. The van der Waals surface area contributed by atoms with Crippen molar-refractivity contribution >= 4 is 17.8 Å². The highest BCUT2D eigenvalue weighted by molar-refractivity contribution is 5.83. The van der Waals surface area contributed by atoms with Gasteiger partial charge in [0.25, 0.3) is 0 Å². The number of rotatable bonds is 6. The summed E-state index contributed by atoms with van der Waals surface area (Å²) in [6, 6.07) is 0.371. The van der Waals surface area contributed by atoms with E-state index in [0.29, 0.717) is 17.3 Å². The van der Waals surface area contributed by atoms with E-state index in [1.807, 2.05) is 13.8 Å². The Balaban J connectivity index is 2.96. The maximum atomic E-state index is 11.0. The van der Waals surface area contributed by atoms with Gasteiger partial charge in [-0.05, 0) is 6.92 Å². The molecule has 1 aromatic heterocycles. The van der Waals surface area contributed by atoms with Crippen molar-refractivity contribution in [3.8, 4) is 0 Å². The number of carboxylic acids is 2. The molecular formula is C12H17N3O4. The molecule has 3 N–H and O–H groups in total. The Hall–Kier alpha value is -2.18. The second kappa shape index (κ2) is 6.12. The van der Waals surface area contributed by atoms with Crippen LogP contribution in [0.15, 0.2) is 6.07 Å². The van der Waals surface area contributed by atoms with Crippen LogP contribution in [0.2, 0.25) is 0 Å². The van der Waals surface area contributed by atoms with Crippen LogP contribution in [-0.4, -0.2) is 38.2 Å². The van der Waals surface area contributed by atoms with Gasteiger partial charge in [-0.15, -0.1) is 0 Å². The summed E-state index contributed by atoms with van der Waals surface area (Å²) >= 11 is 0. The molecule has 1 rings (SSSR count). The van der Waals surface area contributed by atoms with Gasteiger partial charge in [0.15, 0.2) is 0 Å². The lowest BCUT2D eigenvalue weighted by molar-refractivity contribution is -0.144. The summed E-state index contributed by atoms with van der Waals surface area (Å²) in [6.07, 6.45) is -0.518. The van der Waals surface area contributed by atoms with Gasteiger partial charge in [0.1, 0.15) is 17.7 Å². The van der Waals surface area contributed by atoms with Crippen molar-refractivity contribution in [2.75, 3.05) is 5.32 Å². The molecule has 0 bridgehead atoms. The molecule has 1 heterocycles. The molecule has 7 heteroatoms. The highest BCUT2D eigenvalue weighted by Gasteiger charge is 2.21. The van der Waals surface area contributed by atoms with E-state index in [1.165, 1.54) is 0 Å². The van der Waals surface area contributed by atoms with Gasteiger partial charge in [0.05, 0.1) is 6.42 Å². The molecule has 104 valence electrons. The molecule has 0 aliphatic carbocycles. The van der Waals surface area contributed by atoms with Gasteiger partial charge in [-0.1, -0.05) is 13.8 Å². The van der Waals surface area contributed by atoms with Crippen LogP contribution in [0.3, 0.4) is 0 Å². The fourth-order valence-electron chi connectivity index (χ4n) is 1.48. The summed E-state index contributed by atoms with van der Waals surface area (Å²) in [4.78, 5) is 30.0. The third-order valence-electron chi connectivity index (χ3n) is 2.39. The van der Waals surface area contributed by atoms with Gasteiger partial charge < -0.3 is 15.5 Å². The number of hydrogen-bond acceptors (Lipinski definition) is 5. The van der Waals surface area contributed by atoms with Crippen LogP contribution in [-0.2, 0) is 9.59 Å². The molecule has 0 saturated heterocycles. The average Bonchev–Trinajstić information content (AvgIpc) is 2.26. The monoisotopic (exact) mass is 267 g/mol. The predicted octanol–water partition coefficient (Wildman–Crippen LogP) is 1.25. The van der Waals surface area contributed by atoms with Crippen molar-refractivity contribution in [2.45, 2.75) is 39.2 Å². The zero-order valence-corrected chi connectivity index (χ0v) is 11.0. The van der Waals surface area contributed by atoms with E-state index < -0.39 is 24.4 Å². The van der Waals surface area contributed by atoms with Crippen molar-refractivity contribution in [3.63, 3.8) is 0 Å². The van der Waals surface area contributed by atoms with Crippen molar-refractivity contribution in [1.82, 2.24) is 9.97 Å². The van der Waals surface area contributed by atoms with E-state index >= 15 is 0 Å². The van der Waals surface area contributed by atoms with Crippen molar-refractivity contribution in [2.24, 2.45) is 0 Å². The third-order valence-corrected chi connectivity index (χ3v) is 2.39. The molecule has 0 fully saturated rings. The number of aromatic nitrogens is 2. The van der Waals surface area contributed by atoms with Crippen LogP contribution in [0.25, 0.3) is 0 Å². The van der Waals surface area contributed by atoms with Gasteiger partial charge in [0.2, 0.25) is 0 Å². The second-order valence-corrected chi connectivity index (χ2v) is 4.54. The zero-order chi connectivity index (χ0) is 14.6. The second-order valence-electron chi connectivity index (χ2n) is 4.54. The van der Waals surface area contributed by atoms with E-state index in [0.717, 1.165) is 0 Å². The third kappa shape index (κ3) is 4.53. The Bertz CT molecular complexity index is 488. The van der Waals surface area contributed by atoms with Crippen LogP contribution in [0.1, 0.15) is 37.7 Å². The van der Waals surface area contributed by atoms with E-state index in [-0.39, 0.29) is 5.92 Å². The van der Waals surface area contributed by atoms with Crippen molar-refractivity contribution in [1.29, 1.82) is 0 Å². The number of carbonyl (C=O) groups is 2. The van der Waals surface area contributed by atoms with E-state index in [1.54, 1.807) is 13.0 Å². The standard InChI is InChI=1S/C12H17N3O4/c1-6(2)11-13-7(3)4-9(15-11)14-8(12(18)19)5-10(16)17/h4,6,8H,5H2,1-3H3,(H,16,17)(H,18,19)(H,13,14,15). The summed E-state index contributed by atoms with van der Waals surface area (Å²) in [6.45, 7) is 5.61. The van der Waals surface area contributed by atoms with Gasteiger partial charge in [0, 0.05) is 17.7 Å². The molecule has 19 heavy (non-hydrogen) atoms. The number of carboxylic acid groups (broad SMARTS) is 2. The van der Waals surface area contributed by atoms with E-state index in [9.17, 15) is 9.59 Å². The fourth-order valence-corrected chi connectivity index (χ4v) is 1.48. The molecule has 1 aromatic rings.